The van der Waals surface area contributed by atoms with Crippen LogP contribution in [0.4, 0.5) is 0 Å². The summed E-state index contributed by atoms with van der Waals surface area (Å²) in [5.41, 5.74) is 0.606. The van der Waals surface area contributed by atoms with E-state index < -0.39 is 0 Å². The van der Waals surface area contributed by atoms with Crippen LogP contribution in [0.5, 0.6) is 0 Å². The second-order valence-corrected chi connectivity index (χ2v) is 4.53. The van der Waals surface area contributed by atoms with Crippen molar-refractivity contribution in [3.8, 4) is 0 Å². The molecule has 0 aliphatic heterocycles. The maximum Gasteiger partial charge on any atom is 0.252 e. The van der Waals surface area contributed by atoms with Gasteiger partial charge in [-0.3, -0.25) is 4.79 Å². The number of nitrogens with zero attached hydrogens (tertiary/aromatic N) is 2. The van der Waals surface area contributed by atoms with Gasteiger partial charge in [0.2, 0.25) is 0 Å². The molecule has 82 valence electrons. The Kier molecular flexibility index (Phi) is 4.97. The normalized spacial score (nSPS) is 10.4. The molecular formula is C10H14IN3O. The zero-order valence-electron chi connectivity index (χ0n) is 8.83. The standard InChI is InChI=1S/C10H14IN3O/c1-14(2)6-5-12-10(15)8-3-4-9(11)13-7-8/h3-4,7H,5-6H2,1-2H3,(H,12,15)/i11-3. The lowest BCUT2D eigenvalue weighted by atomic mass is 10.3. The predicted molar refractivity (Wildman–Crippen MR) is 67.8 cm³/mol. The van der Waals surface area contributed by atoms with Crippen molar-refractivity contribution in [1.82, 2.24) is 15.2 Å². The van der Waals surface area contributed by atoms with E-state index >= 15 is 0 Å². The molecule has 0 radical (unpaired) electrons. The number of carbonyl (C=O) groups is 1. The average molecular weight is 316 g/mol. The molecule has 1 amide bonds. The van der Waals surface area contributed by atoms with Crippen LogP contribution in [0.25, 0.3) is 0 Å². The first-order valence-electron chi connectivity index (χ1n) is 4.64. The van der Waals surface area contributed by atoms with Crippen molar-refractivity contribution in [3.63, 3.8) is 0 Å². The Morgan fingerprint density at radius 2 is 2.27 bits per heavy atom. The molecule has 0 fully saturated rings. The Morgan fingerprint density at radius 1 is 1.53 bits per heavy atom. The zero-order chi connectivity index (χ0) is 11.3. The third-order valence-corrected chi connectivity index (χ3v) is 2.47. The van der Waals surface area contributed by atoms with Crippen molar-refractivity contribution in [2.75, 3.05) is 27.2 Å². The highest BCUT2D eigenvalue weighted by atomic mass is 124. The first-order valence-corrected chi connectivity index (χ1v) is 5.72. The number of pyridine rings is 1. The van der Waals surface area contributed by atoms with Crippen LogP contribution in [0.2, 0.25) is 0 Å². The molecule has 1 heterocycles. The van der Waals surface area contributed by atoms with Gasteiger partial charge in [0.05, 0.1) is 5.56 Å². The topological polar surface area (TPSA) is 45.2 Å². The number of carbonyl (C=O) groups excluding carboxylic acids is 1. The van der Waals surface area contributed by atoms with Gasteiger partial charge in [0.25, 0.3) is 5.91 Å². The highest BCUT2D eigenvalue weighted by Gasteiger charge is 2.04. The third-order valence-electron chi connectivity index (χ3n) is 1.83. The van der Waals surface area contributed by atoms with Gasteiger partial charge in [-0.1, -0.05) is 0 Å². The van der Waals surface area contributed by atoms with Gasteiger partial charge < -0.3 is 10.2 Å². The summed E-state index contributed by atoms with van der Waals surface area (Å²) in [6.45, 7) is 1.49. The molecule has 0 unspecified atom stereocenters. The van der Waals surface area contributed by atoms with E-state index in [0.717, 1.165) is 10.2 Å². The van der Waals surface area contributed by atoms with Crippen LogP contribution in [0.3, 0.4) is 0 Å². The zero-order valence-corrected chi connectivity index (χ0v) is 11.0. The Hall–Kier alpha value is -0.690. The molecular weight excluding hydrogens is 302 g/mol. The van der Waals surface area contributed by atoms with E-state index in [0.29, 0.717) is 12.1 Å². The van der Waals surface area contributed by atoms with Crippen molar-refractivity contribution >= 4 is 28.5 Å². The molecule has 0 bridgehead atoms. The van der Waals surface area contributed by atoms with Gasteiger partial charge in [-0.05, 0) is 48.8 Å². The third kappa shape index (κ3) is 4.57. The minimum Gasteiger partial charge on any atom is -0.351 e. The molecule has 0 atom stereocenters. The molecule has 0 aromatic carbocycles. The van der Waals surface area contributed by atoms with Crippen molar-refractivity contribution in [2.45, 2.75) is 0 Å². The number of halogens is 1. The maximum absolute atomic E-state index is 11.6. The van der Waals surface area contributed by atoms with Crippen LogP contribution in [0.1, 0.15) is 10.4 Å². The molecule has 0 aliphatic carbocycles. The van der Waals surface area contributed by atoms with E-state index in [-0.39, 0.29) is 5.91 Å². The fourth-order valence-electron chi connectivity index (χ4n) is 1.01. The fraction of sp³-hybridized carbons (Fsp3) is 0.400. The van der Waals surface area contributed by atoms with Gasteiger partial charge in [-0.25, -0.2) is 4.98 Å². The van der Waals surface area contributed by atoms with Crippen LogP contribution in [-0.4, -0.2) is 43.0 Å². The fourth-order valence-corrected chi connectivity index (χ4v) is 1.32. The maximum atomic E-state index is 11.6. The van der Waals surface area contributed by atoms with E-state index in [2.05, 4.69) is 32.9 Å². The first-order chi connectivity index (χ1) is 7.09. The average Bonchev–Trinajstić information content (AvgIpc) is 2.18. The summed E-state index contributed by atoms with van der Waals surface area (Å²) >= 11 is 2.11. The summed E-state index contributed by atoms with van der Waals surface area (Å²) in [7, 11) is 3.94. The van der Waals surface area contributed by atoms with Crippen LogP contribution in [0.15, 0.2) is 18.3 Å². The highest BCUT2D eigenvalue weighted by Crippen LogP contribution is 2.02. The Balaban J connectivity index is 2.43. The number of aromatic nitrogens is 1. The lowest BCUT2D eigenvalue weighted by Gasteiger charge is -2.10. The molecule has 1 aromatic heterocycles. The quantitative estimate of drug-likeness (QED) is 0.665. The van der Waals surface area contributed by atoms with Gasteiger partial charge in [0.1, 0.15) is 3.70 Å². The second-order valence-electron chi connectivity index (χ2n) is 3.43. The number of amides is 1. The van der Waals surface area contributed by atoms with E-state index in [1.54, 1.807) is 12.3 Å². The number of nitrogens with one attached hydrogen (secondary N) is 1. The van der Waals surface area contributed by atoms with Gasteiger partial charge in [-0.2, -0.15) is 0 Å². The van der Waals surface area contributed by atoms with Crippen molar-refractivity contribution < 1.29 is 4.79 Å². The largest absolute Gasteiger partial charge is 0.351 e. The summed E-state index contributed by atoms with van der Waals surface area (Å²) in [6, 6.07) is 3.60. The molecule has 0 saturated heterocycles. The van der Waals surface area contributed by atoms with Crippen molar-refractivity contribution in [3.05, 3.63) is 27.6 Å². The number of hydrogen-bond acceptors (Lipinski definition) is 3. The lowest BCUT2D eigenvalue weighted by Crippen LogP contribution is -2.31. The summed E-state index contributed by atoms with van der Waals surface area (Å²) in [5, 5.41) is 2.83. The smallest absolute Gasteiger partial charge is 0.252 e. The van der Waals surface area contributed by atoms with Crippen LogP contribution >= 0.6 is 22.6 Å². The number of rotatable bonds is 4. The van der Waals surface area contributed by atoms with Crippen LogP contribution in [-0.2, 0) is 0 Å². The van der Waals surface area contributed by atoms with Gasteiger partial charge >= 0.3 is 0 Å². The molecule has 0 saturated carbocycles. The van der Waals surface area contributed by atoms with E-state index in [1.807, 2.05) is 25.1 Å². The van der Waals surface area contributed by atoms with E-state index in [4.69, 9.17) is 0 Å². The van der Waals surface area contributed by atoms with Crippen molar-refractivity contribution in [2.24, 2.45) is 0 Å². The van der Waals surface area contributed by atoms with Crippen LogP contribution in [0, 0.1) is 3.70 Å². The van der Waals surface area contributed by atoms with Crippen molar-refractivity contribution in [1.29, 1.82) is 0 Å². The first kappa shape index (κ1) is 12.4. The van der Waals surface area contributed by atoms with Gasteiger partial charge in [-0.15, -0.1) is 0 Å². The molecule has 0 aliphatic rings. The molecule has 1 N–H and O–H groups in total. The molecule has 15 heavy (non-hydrogen) atoms. The SMILES string of the molecule is CN(C)CCNC(=O)c1ccc([124I])nc1. The number of likely N-dealkylation sites (N-methyl/N-ethyl adjacent to an activating group) is 1. The molecule has 1 aromatic rings. The Bertz CT molecular complexity index is 324. The molecule has 0 spiro atoms. The molecule has 5 heteroatoms. The monoisotopic (exact) mass is 316 g/mol. The number of hydrogen-bond donors (Lipinski definition) is 1. The predicted octanol–water partition coefficient (Wildman–Crippen LogP) is 0.978. The second kappa shape index (κ2) is 6.02. The summed E-state index contributed by atoms with van der Waals surface area (Å²) < 4.78 is 0.887. The highest BCUT2D eigenvalue weighted by molar-refractivity contribution is 14.1. The molecule has 1 rings (SSSR count). The Morgan fingerprint density at radius 3 is 2.80 bits per heavy atom. The Labute approximate surface area is 103 Å². The van der Waals surface area contributed by atoms with Crippen LogP contribution < -0.4 is 5.32 Å². The lowest BCUT2D eigenvalue weighted by molar-refractivity contribution is 0.0950. The minimum atomic E-state index is -0.0687. The van der Waals surface area contributed by atoms with E-state index in [9.17, 15) is 4.79 Å². The van der Waals surface area contributed by atoms with E-state index in [1.165, 1.54) is 0 Å². The molecule has 4 nitrogen and oxygen atoms in total. The van der Waals surface area contributed by atoms with Gasteiger partial charge in [0, 0.05) is 19.3 Å². The summed E-state index contributed by atoms with van der Waals surface area (Å²) in [4.78, 5) is 17.6. The summed E-state index contributed by atoms with van der Waals surface area (Å²) in [6.07, 6.45) is 1.59. The minimum absolute atomic E-state index is 0.0687. The van der Waals surface area contributed by atoms with Gasteiger partial charge in [0.15, 0.2) is 0 Å². The summed E-state index contributed by atoms with van der Waals surface area (Å²) in [5.74, 6) is -0.0687.